The Morgan fingerprint density at radius 1 is 1.29 bits per heavy atom. The van der Waals surface area contributed by atoms with E-state index in [2.05, 4.69) is 0 Å². The van der Waals surface area contributed by atoms with Gasteiger partial charge in [0.05, 0.1) is 6.10 Å². The lowest BCUT2D eigenvalue weighted by atomic mass is 9.89. The monoisotopic (exact) mass is 250 g/mol. The van der Waals surface area contributed by atoms with E-state index in [0.717, 1.165) is 17.7 Å². The van der Waals surface area contributed by atoms with Crippen LogP contribution in [0.15, 0.2) is 24.3 Å². The zero-order valence-corrected chi connectivity index (χ0v) is 10.7. The Bertz CT molecular complexity index is 388. The third-order valence-electron chi connectivity index (χ3n) is 3.73. The van der Waals surface area contributed by atoms with E-state index in [9.17, 15) is 5.11 Å². The van der Waals surface area contributed by atoms with E-state index in [1.54, 1.807) is 0 Å². The van der Waals surface area contributed by atoms with Gasteiger partial charge in [-0.15, -0.1) is 0 Å². The minimum atomic E-state index is -0.350. The Kier molecular flexibility index (Phi) is 3.30. The Morgan fingerprint density at radius 2 is 2.18 bits per heavy atom. The lowest BCUT2D eigenvalue weighted by Crippen LogP contribution is -2.35. The first-order chi connectivity index (χ1) is 8.34. The number of hydrogen-bond acceptors (Lipinski definition) is 3. The number of thioether (sulfide) groups is 1. The number of para-hydroxylation sites is 1. The topological polar surface area (TPSA) is 29.5 Å². The van der Waals surface area contributed by atoms with Crippen molar-refractivity contribution in [2.75, 3.05) is 11.5 Å². The van der Waals surface area contributed by atoms with Gasteiger partial charge < -0.3 is 9.84 Å². The first-order valence-corrected chi connectivity index (χ1v) is 7.51. The molecule has 2 aliphatic rings. The Morgan fingerprint density at radius 3 is 3.00 bits per heavy atom. The van der Waals surface area contributed by atoms with E-state index >= 15 is 0 Å². The molecule has 2 heterocycles. The fourth-order valence-electron chi connectivity index (χ4n) is 2.77. The normalized spacial score (nSPS) is 32.6. The van der Waals surface area contributed by atoms with Gasteiger partial charge >= 0.3 is 0 Å². The number of fused-ring (bicyclic) bond motifs is 1. The van der Waals surface area contributed by atoms with Gasteiger partial charge in [0.25, 0.3) is 0 Å². The molecule has 0 amide bonds. The van der Waals surface area contributed by atoms with Gasteiger partial charge in [0.15, 0.2) is 0 Å². The highest BCUT2D eigenvalue weighted by molar-refractivity contribution is 7.99. The molecular weight excluding hydrogens is 232 g/mol. The predicted octanol–water partition coefficient (Wildman–Crippen LogP) is 3.01. The average Bonchev–Trinajstić information content (AvgIpc) is 2.40. The summed E-state index contributed by atoms with van der Waals surface area (Å²) >= 11 is 2.02. The van der Waals surface area contributed by atoms with Gasteiger partial charge in [-0.3, -0.25) is 0 Å². The van der Waals surface area contributed by atoms with E-state index in [1.165, 1.54) is 24.3 Å². The molecule has 3 heteroatoms. The van der Waals surface area contributed by atoms with Crippen molar-refractivity contribution >= 4 is 11.8 Å². The number of aliphatic hydroxyl groups excluding tert-OH is 1. The van der Waals surface area contributed by atoms with E-state index in [1.807, 2.05) is 36.0 Å². The van der Waals surface area contributed by atoms with Crippen LogP contribution < -0.4 is 4.74 Å². The molecular formula is C14H18O2S. The zero-order valence-electron chi connectivity index (χ0n) is 9.84. The summed E-state index contributed by atoms with van der Waals surface area (Å²) in [5.41, 5.74) is 0.951. The van der Waals surface area contributed by atoms with E-state index in [4.69, 9.17) is 4.74 Å². The maximum absolute atomic E-state index is 10.2. The smallest absolute Gasteiger partial charge is 0.125 e. The molecule has 2 unspecified atom stereocenters. The van der Waals surface area contributed by atoms with Crippen LogP contribution in [-0.4, -0.2) is 22.7 Å². The molecule has 1 saturated heterocycles. The van der Waals surface area contributed by atoms with Crippen LogP contribution in [0.25, 0.3) is 0 Å². The molecule has 1 fully saturated rings. The molecule has 3 atom stereocenters. The largest absolute Gasteiger partial charge is 0.490 e. The predicted molar refractivity (Wildman–Crippen MR) is 70.5 cm³/mol. The van der Waals surface area contributed by atoms with Crippen molar-refractivity contribution in [3.05, 3.63) is 29.8 Å². The lowest BCUT2D eigenvalue weighted by Gasteiger charge is -2.36. The average molecular weight is 250 g/mol. The number of benzene rings is 1. The van der Waals surface area contributed by atoms with Gasteiger partial charge in [-0.1, -0.05) is 18.2 Å². The SMILES string of the molecule is O[C@H]1CC(C2CCCSC2)Oc2ccccc21. The third kappa shape index (κ3) is 2.31. The van der Waals surface area contributed by atoms with Gasteiger partial charge in [-0.05, 0) is 30.4 Å². The van der Waals surface area contributed by atoms with Crippen molar-refractivity contribution in [2.24, 2.45) is 5.92 Å². The second-order valence-electron chi connectivity index (χ2n) is 4.92. The highest BCUT2D eigenvalue weighted by Gasteiger charge is 2.33. The summed E-state index contributed by atoms with van der Waals surface area (Å²) in [6.45, 7) is 0. The minimum Gasteiger partial charge on any atom is -0.490 e. The standard InChI is InChI=1S/C14H18O2S/c15-12-8-14(10-4-3-7-17-9-10)16-13-6-2-1-5-11(12)13/h1-2,5-6,10,12,14-15H,3-4,7-9H2/t10?,12-,14?/m0/s1. The molecule has 0 saturated carbocycles. The molecule has 2 aliphatic heterocycles. The van der Waals surface area contributed by atoms with Gasteiger partial charge in [0.1, 0.15) is 11.9 Å². The van der Waals surface area contributed by atoms with Gasteiger partial charge in [-0.2, -0.15) is 11.8 Å². The summed E-state index contributed by atoms with van der Waals surface area (Å²) in [5, 5.41) is 10.2. The number of ether oxygens (including phenoxy) is 1. The van der Waals surface area contributed by atoms with Crippen LogP contribution in [0, 0.1) is 5.92 Å². The van der Waals surface area contributed by atoms with Crippen molar-refractivity contribution in [3.63, 3.8) is 0 Å². The highest BCUT2D eigenvalue weighted by Crippen LogP contribution is 2.39. The summed E-state index contributed by atoms with van der Waals surface area (Å²) in [7, 11) is 0. The fraction of sp³-hybridized carbons (Fsp3) is 0.571. The molecule has 1 aromatic carbocycles. The molecule has 1 aromatic rings. The summed E-state index contributed by atoms with van der Waals surface area (Å²) in [6, 6.07) is 7.87. The van der Waals surface area contributed by atoms with Gasteiger partial charge in [0.2, 0.25) is 0 Å². The zero-order chi connectivity index (χ0) is 11.7. The molecule has 3 rings (SSSR count). The molecule has 2 nitrogen and oxygen atoms in total. The quantitative estimate of drug-likeness (QED) is 0.831. The van der Waals surface area contributed by atoms with E-state index in [0.29, 0.717) is 5.92 Å². The van der Waals surface area contributed by atoms with Crippen LogP contribution in [0.3, 0.4) is 0 Å². The number of aliphatic hydroxyl groups is 1. The molecule has 0 aromatic heterocycles. The van der Waals surface area contributed by atoms with Crippen LogP contribution in [0.5, 0.6) is 5.75 Å². The second-order valence-corrected chi connectivity index (χ2v) is 6.07. The van der Waals surface area contributed by atoms with E-state index < -0.39 is 0 Å². The molecule has 0 radical (unpaired) electrons. The number of rotatable bonds is 1. The van der Waals surface area contributed by atoms with Crippen molar-refractivity contribution in [1.82, 2.24) is 0 Å². The van der Waals surface area contributed by atoms with Gasteiger partial charge in [0, 0.05) is 17.9 Å². The molecule has 17 heavy (non-hydrogen) atoms. The van der Waals surface area contributed by atoms with Crippen molar-refractivity contribution in [3.8, 4) is 5.75 Å². The molecule has 0 aliphatic carbocycles. The Balaban J connectivity index is 1.78. The second kappa shape index (κ2) is 4.91. The highest BCUT2D eigenvalue weighted by atomic mass is 32.2. The third-order valence-corrected chi connectivity index (χ3v) is 4.97. The van der Waals surface area contributed by atoms with Crippen LogP contribution in [0.2, 0.25) is 0 Å². The molecule has 92 valence electrons. The Hall–Kier alpha value is -0.670. The molecule has 0 bridgehead atoms. The van der Waals surface area contributed by atoms with Crippen LogP contribution >= 0.6 is 11.8 Å². The first kappa shape index (κ1) is 11.4. The maximum atomic E-state index is 10.2. The number of hydrogen-bond donors (Lipinski definition) is 1. The molecule has 1 N–H and O–H groups in total. The van der Waals surface area contributed by atoms with Crippen molar-refractivity contribution in [1.29, 1.82) is 0 Å². The lowest BCUT2D eigenvalue weighted by molar-refractivity contribution is 0.0368. The van der Waals surface area contributed by atoms with Crippen molar-refractivity contribution < 1.29 is 9.84 Å². The van der Waals surface area contributed by atoms with Crippen LogP contribution in [0.1, 0.15) is 30.9 Å². The summed E-state index contributed by atoms with van der Waals surface area (Å²) < 4.78 is 6.07. The summed E-state index contributed by atoms with van der Waals surface area (Å²) in [5.74, 6) is 3.95. The summed E-state index contributed by atoms with van der Waals surface area (Å²) in [4.78, 5) is 0. The Labute approximate surface area is 106 Å². The first-order valence-electron chi connectivity index (χ1n) is 6.36. The summed E-state index contributed by atoms with van der Waals surface area (Å²) in [6.07, 6.45) is 3.13. The fourth-order valence-corrected chi connectivity index (χ4v) is 3.99. The molecule has 0 spiro atoms. The van der Waals surface area contributed by atoms with Crippen molar-refractivity contribution in [2.45, 2.75) is 31.5 Å². The van der Waals surface area contributed by atoms with E-state index in [-0.39, 0.29) is 12.2 Å². The maximum Gasteiger partial charge on any atom is 0.125 e. The van der Waals surface area contributed by atoms with Gasteiger partial charge in [-0.25, -0.2) is 0 Å². The van der Waals surface area contributed by atoms with Crippen LogP contribution in [-0.2, 0) is 0 Å². The minimum absolute atomic E-state index is 0.202. The van der Waals surface area contributed by atoms with Crippen LogP contribution in [0.4, 0.5) is 0 Å².